The number of aliphatic hydroxyl groups is 1. The molecule has 1 aromatic heterocycles. The maximum absolute atomic E-state index is 11.8. The number of fused-ring (bicyclic) bond motifs is 1. The van der Waals surface area contributed by atoms with Crippen molar-refractivity contribution >= 4 is 22.6 Å². The van der Waals surface area contributed by atoms with Gasteiger partial charge in [-0.1, -0.05) is 36.4 Å². The molecule has 0 fully saturated rings. The van der Waals surface area contributed by atoms with Gasteiger partial charge in [-0.05, 0) is 19.1 Å². The largest absolute Gasteiger partial charge is 0.462 e. The Bertz CT molecular complexity index is 879. The van der Waals surface area contributed by atoms with Crippen molar-refractivity contribution in [3.63, 3.8) is 0 Å². The van der Waals surface area contributed by atoms with Crippen LogP contribution in [0.5, 0.6) is 0 Å². The summed E-state index contributed by atoms with van der Waals surface area (Å²) in [4.78, 5) is 11.8. The van der Waals surface area contributed by atoms with Crippen LogP contribution in [0.4, 0.5) is 5.82 Å². The lowest BCUT2D eigenvalue weighted by atomic mass is 10.0. The zero-order chi connectivity index (χ0) is 17.6. The number of aliphatic hydroxyl groups excluding tert-OH is 1. The van der Waals surface area contributed by atoms with Gasteiger partial charge in [0.15, 0.2) is 5.82 Å². The Morgan fingerprint density at radius 1 is 1.08 bits per heavy atom. The molecular weight excluding hydrogens is 318 g/mol. The van der Waals surface area contributed by atoms with Gasteiger partial charge in [-0.25, -0.2) is 4.79 Å². The Morgan fingerprint density at radius 2 is 1.80 bits per heavy atom. The molecular formula is C19H19N3O3. The van der Waals surface area contributed by atoms with Crippen LogP contribution in [0.25, 0.3) is 22.0 Å². The number of nitrogens with one attached hydrogen (secondary N) is 1. The minimum absolute atomic E-state index is 0.0209. The average Bonchev–Trinajstić information content (AvgIpc) is 2.66. The lowest BCUT2D eigenvalue weighted by Gasteiger charge is -2.10. The van der Waals surface area contributed by atoms with E-state index in [4.69, 9.17) is 9.84 Å². The number of aromatic nitrogens is 2. The minimum atomic E-state index is -0.339. The Morgan fingerprint density at radius 3 is 2.48 bits per heavy atom. The van der Waals surface area contributed by atoms with Gasteiger partial charge in [-0.15, -0.1) is 10.2 Å². The molecule has 25 heavy (non-hydrogen) atoms. The monoisotopic (exact) mass is 337 g/mol. The third kappa shape index (κ3) is 3.59. The van der Waals surface area contributed by atoms with E-state index < -0.39 is 0 Å². The lowest BCUT2D eigenvalue weighted by Crippen LogP contribution is -2.08. The van der Waals surface area contributed by atoms with Gasteiger partial charge < -0.3 is 15.2 Å². The molecule has 0 amide bonds. The van der Waals surface area contributed by atoms with E-state index in [0.717, 1.165) is 22.0 Å². The van der Waals surface area contributed by atoms with Crippen molar-refractivity contribution in [2.75, 3.05) is 25.1 Å². The average molecular weight is 337 g/mol. The lowest BCUT2D eigenvalue weighted by molar-refractivity contribution is 0.0526. The van der Waals surface area contributed by atoms with Gasteiger partial charge in [0, 0.05) is 22.9 Å². The Balaban J connectivity index is 2.00. The summed E-state index contributed by atoms with van der Waals surface area (Å²) in [6.07, 6.45) is 0. The number of anilines is 1. The molecule has 0 aliphatic carbocycles. The van der Waals surface area contributed by atoms with Gasteiger partial charge in [0.25, 0.3) is 0 Å². The van der Waals surface area contributed by atoms with Crippen LogP contribution in [0.1, 0.15) is 17.3 Å². The highest BCUT2D eigenvalue weighted by molar-refractivity contribution is 6.00. The van der Waals surface area contributed by atoms with Crippen LogP contribution in [0.2, 0.25) is 0 Å². The van der Waals surface area contributed by atoms with E-state index in [9.17, 15) is 4.79 Å². The second-order valence-corrected chi connectivity index (χ2v) is 5.39. The van der Waals surface area contributed by atoms with Gasteiger partial charge in [0.2, 0.25) is 0 Å². The zero-order valence-corrected chi connectivity index (χ0v) is 13.9. The summed E-state index contributed by atoms with van der Waals surface area (Å²) < 4.78 is 5.00. The van der Waals surface area contributed by atoms with Crippen LogP contribution in [0, 0.1) is 0 Å². The first-order valence-electron chi connectivity index (χ1n) is 8.12. The minimum Gasteiger partial charge on any atom is -0.462 e. The normalized spacial score (nSPS) is 10.6. The molecule has 0 radical (unpaired) electrons. The van der Waals surface area contributed by atoms with Crippen molar-refractivity contribution in [1.29, 1.82) is 0 Å². The summed E-state index contributed by atoms with van der Waals surface area (Å²) in [6.45, 7) is 2.55. The van der Waals surface area contributed by atoms with Gasteiger partial charge in [0.1, 0.15) is 5.69 Å². The quantitative estimate of drug-likeness (QED) is 0.673. The van der Waals surface area contributed by atoms with Crippen molar-refractivity contribution in [3.05, 3.63) is 54.1 Å². The van der Waals surface area contributed by atoms with E-state index in [-0.39, 0.29) is 12.6 Å². The third-order valence-corrected chi connectivity index (χ3v) is 3.76. The molecule has 3 rings (SSSR count). The second-order valence-electron chi connectivity index (χ2n) is 5.39. The van der Waals surface area contributed by atoms with Crippen molar-refractivity contribution in [2.45, 2.75) is 6.92 Å². The fourth-order valence-corrected chi connectivity index (χ4v) is 2.60. The number of rotatable bonds is 6. The van der Waals surface area contributed by atoms with Crippen LogP contribution in [0.15, 0.2) is 48.5 Å². The van der Waals surface area contributed by atoms with Crippen LogP contribution < -0.4 is 5.32 Å². The molecule has 0 unspecified atom stereocenters. The highest BCUT2D eigenvalue weighted by Crippen LogP contribution is 2.29. The predicted octanol–water partition coefficient (Wildman–Crippen LogP) is 2.88. The number of hydrogen-bond acceptors (Lipinski definition) is 6. The summed E-state index contributed by atoms with van der Waals surface area (Å²) in [5, 5.41) is 22.5. The van der Waals surface area contributed by atoms with E-state index >= 15 is 0 Å². The van der Waals surface area contributed by atoms with E-state index in [1.54, 1.807) is 19.1 Å². The molecule has 3 aromatic rings. The Kier molecular flexibility index (Phi) is 5.20. The van der Waals surface area contributed by atoms with E-state index in [2.05, 4.69) is 15.5 Å². The fourth-order valence-electron chi connectivity index (χ4n) is 2.60. The third-order valence-electron chi connectivity index (χ3n) is 3.76. The van der Waals surface area contributed by atoms with Crippen molar-refractivity contribution in [3.8, 4) is 11.3 Å². The van der Waals surface area contributed by atoms with Crippen LogP contribution in [0.3, 0.4) is 0 Å². The molecule has 6 heteroatoms. The molecule has 1 heterocycles. The molecule has 0 aliphatic heterocycles. The molecule has 0 atom stereocenters. The van der Waals surface area contributed by atoms with Crippen molar-refractivity contribution < 1.29 is 14.6 Å². The number of benzene rings is 2. The number of esters is 1. The SMILES string of the molecule is CCOC(=O)c1ccc(-c2nnc(NCCO)c3ccccc23)cc1. The fraction of sp³-hybridized carbons (Fsp3) is 0.211. The first-order valence-corrected chi connectivity index (χ1v) is 8.12. The molecule has 0 saturated heterocycles. The summed E-state index contributed by atoms with van der Waals surface area (Å²) in [6, 6.07) is 14.9. The molecule has 0 spiro atoms. The van der Waals surface area contributed by atoms with Crippen molar-refractivity contribution in [1.82, 2.24) is 10.2 Å². The van der Waals surface area contributed by atoms with E-state index in [1.165, 1.54) is 0 Å². The number of nitrogens with zero attached hydrogens (tertiary/aromatic N) is 2. The molecule has 0 aliphatic rings. The number of carbonyl (C=O) groups is 1. The number of ether oxygens (including phenoxy) is 1. The Labute approximate surface area is 145 Å². The topological polar surface area (TPSA) is 84.3 Å². The molecule has 128 valence electrons. The van der Waals surface area contributed by atoms with Gasteiger partial charge >= 0.3 is 5.97 Å². The maximum atomic E-state index is 11.8. The summed E-state index contributed by atoms with van der Waals surface area (Å²) in [5.41, 5.74) is 2.11. The summed E-state index contributed by atoms with van der Waals surface area (Å²) >= 11 is 0. The summed E-state index contributed by atoms with van der Waals surface area (Å²) in [7, 11) is 0. The summed E-state index contributed by atoms with van der Waals surface area (Å²) in [5.74, 6) is 0.296. The van der Waals surface area contributed by atoms with Crippen LogP contribution in [-0.2, 0) is 4.74 Å². The van der Waals surface area contributed by atoms with Crippen LogP contribution >= 0.6 is 0 Å². The van der Waals surface area contributed by atoms with Gasteiger partial charge in [0.05, 0.1) is 18.8 Å². The van der Waals surface area contributed by atoms with Gasteiger partial charge in [-0.3, -0.25) is 0 Å². The van der Waals surface area contributed by atoms with Crippen molar-refractivity contribution in [2.24, 2.45) is 0 Å². The highest BCUT2D eigenvalue weighted by Gasteiger charge is 2.12. The first-order chi connectivity index (χ1) is 12.2. The molecule has 2 N–H and O–H groups in total. The predicted molar refractivity (Wildman–Crippen MR) is 96.5 cm³/mol. The smallest absolute Gasteiger partial charge is 0.338 e. The second kappa shape index (κ2) is 7.72. The molecule has 0 saturated carbocycles. The van der Waals surface area contributed by atoms with Gasteiger partial charge in [-0.2, -0.15) is 0 Å². The van der Waals surface area contributed by atoms with E-state index in [0.29, 0.717) is 24.5 Å². The molecule has 0 bridgehead atoms. The number of carbonyl (C=O) groups excluding carboxylic acids is 1. The van der Waals surface area contributed by atoms with E-state index in [1.807, 2.05) is 36.4 Å². The molecule has 2 aromatic carbocycles. The highest BCUT2D eigenvalue weighted by atomic mass is 16.5. The zero-order valence-electron chi connectivity index (χ0n) is 13.9. The first kappa shape index (κ1) is 16.9. The Hall–Kier alpha value is -2.99. The number of hydrogen-bond donors (Lipinski definition) is 2. The standard InChI is InChI=1S/C19H19N3O3/c1-2-25-19(24)14-9-7-13(8-10-14)17-15-5-3-4-6-16(15)18(22-21-17)20-11-12-23/h3-10,23H,2,11-12H2,1H3,(H,20,22). The molecule has 6 nitrogen and oxygen atoms in total. The maximum Gasteiger partial charge on any atom is 0.338 e. The van der Waals surface area contributed by atoms with Crippen LogP contribution in [-0.4, -0.2) is 41.0 Å².